The van der Waals surface area contributed by atoms with E-state index in [1.54, 1.807) is 11.0 Å². The lowest BCUT2D eigenvalue weighted by molar-refractivity contribution is -0.136. The Morgan fingerprint density at radius 1 is 1.07 bits per heavy atom. The number of aliphatic imine (C=N–C) groups is 1. The standard InChI is InChI=1S/C38H42ClF5N10O3/c1-36(2,24-10-11-24)20-37(25-8-5-22(6-9-25)29-18-48-54(51-29)26-12-13-26)32(55)52(34(45)50-37)30(19-57-35(56)46-16-4-3-15-38(42,43)44)23-7-14-28(39)27(17-23)31-47-21-49-53(31)33(40)41/h5-9,14,17-18,21,24,26,30,33H,3-4,10-13,15-16,19-20H2,1-2H3,(H2,45,50)(H,46,56)/t30-,37-/m1/s1. The van der Waals surface area contributed by atoms with E-state index in [9.17, 15) is 26.7 Å². The van der Waals surface area contributed by atoms with Crippen molar-refractivity contribution in [3.63, 3.8) is 0 Å². The van der Waals surface area contributed by atoms with Crippen LogP contribution in [0.25, 0.3) is 22.6 Å². The van der Waals surface area contributed by atoms with Crippen molar-refractivity contribution in [2.24, 2.45) is 22.1 Å². The Kier molecular flexibility index (Phi) is 11.0. The van der Waals surface area contributed by atoms with E-state index in [-0.39, 0.29) is 59.2 Å². The highest BCUT2D eigenvalue weighted by atomic mass is 35.5. The van der Waals surface area contributed by atoms with E-state index in [0.29, 0.717) is 27.9 Å². The van der Waals surface area contributed by atoms with Crippen molar-refractivity contribution in [3.8, 4) is 22.6 Å². The first-order valence-electron chi connectivity index (χ1n) is 18.7. The Morgan fingerprint density at radius 2 is 1.81 bits per heavy atom. The van der Waals surface area contributed by atoms with Crippen LogP contribution >= 0.6 is 11.6 Å². The van der Waals surface area contributed by atoms with Crippen molar-refractivity contribution in [1.82, 2.24) is 40.0 Å². The molecule has 3 heterocycles. The summed E-state index contributed by atoms with van der Waals surface area (Å²) in [6, 6.07) is 10.9. The van der Waals surface area contributed by atoms with E-state index in [1.165, 1.54) is 23.1 Å². The molecule has 2 aliphatic carbocycles. The predicted octanol–water partition coefficient (Wildman–Crippen LogP) is 7.97. The molecule has 2 atom stereocenters. The van der Waals surface area contributed by atoms with Crippen molar-refractivity contribution in [3.05, 3.63) is 71.1 Å². The SMILES string of the molecule is CC(C)(C[C@]1(c2ccc(-c3cnn(C4CC4)n3)cc2)N=C(N)N([C@H](COC(=O)NCCCCC(F)(F)F)c2ccc(Cl)c(-c3ncnn3C(F)F)c2)C1=O)C1CC1. The molecule has 3 aliphatic rings. The summed E-state index contributed by atoms with van der Waals surface area (Å²) >= 11 is 6.50. The number of ether oxygens (including phenoxy) is 1. The number of alkyl halides is 5. The number of hydrogen-bond acceptors (Lipinski definition) is 9. The number of nitrogens with zero attached hydrogens (tertiary/aromatic N) is 8. The van der Waals surface area contributed by atoms with Gasteiger partial charge in [-0.15, -0.1) is 0 Å². The van der Waals surface area contributed by atoms with Crippen LogP contribution in [0.3, 0.4) is 0 Å². The summed E-state index contributed by atoms with van der Waals surface area (Å²) in [6.07, 6.45) is 0.572. The molecule has 57 heavy (non-hydrogen) atoms. The molecule has 13 nitrogen and oxygen atoms in total. The number of benzene rings is 2. The van der Waals surface area contributed by atoms with Gasteiger partial charge in [0.1, 0.15) is 18.6 Å². The smallest absolute Gasteiger partial charge is 0.407 e. The Hall–Kier alpha value is -5.13. The average molecular weight is 817 g/mol. The number of nitrogens with two attached hydrogens (primary N) is 1. The lowest BCUT2D eigenvalue weighted by atomic mass is 9.72. The zero-order valence-corrected chi connectivity index (χ0v) is 32.0. The van der Waals surface area contributed by atoms with Gasteiger partial charge in [-0.25, -0.2) is 14.8 Å². The molecule has 2 aromatic heterocycles. The molecule has 2 saturated carbocycles. The van der Waals surface area contributed by atoms with Crippen LogP contribution in [0.2, 0.25) is 5.02 Å². The summed E-state index contributed by atoms with van der Waals surface area (Å²) in [5.41, 5.74) is 7.23. The predicted molar refractivity (Wildman–Crippen MR) is 199 cm³/mol. The first-order chi connectivity index (χ1) is 27.1. The van der Waals surface area contributed by atoms with E-state index in [1.807, 2.05) is 24.3 Å². The van der Waals surface area contributed by atoms with Gasteiger partial charge in [0.25, 0.3) is 5.91 Å². The Labute approximate surface area is 329 Å². The van der Waals surface area contributed by atoms with Crippen LogP contribution in [0, 0.1) is 11.3 Å². The second-order valence-corrected chi connectivity index (χ2v) is 15.9. The molecule has 4 aromatic rings. The third-order valence-electron chi connectivity index (χ3n) is 10.8. The van der Waals surface area contributed by atoms with Crippen LogP contribution in [-0.4, -0.2) is 71.9 Å². The molecule has 2 amide bonds. The number of nitrogens with one attached hydrogen (secondary N) is 1. The summed E-state index contributed by atoms with van der Waals surface area (Å²) in [6.45, 7) is 0.533. The minimum absolute atomic E-state index is 0.0463. The van der Waals surface area contributed by atoms with Crippen LogP contribution in [0.15, 0.2) is 60.0 Å². The van der Waals surface area contributed by atoms with Gasteiger partial charge in [-0.05, 0) is 79.5 Å². The van der Waals surface area contributed by atoms with Crippen molar-refractivity contribution >= 4 is 29.6 Å². The molecule has 0 radical (unpaired) electrons. The third-order valence-corrected chi connectivity index (χ3v) is 11.1. The minimum Gasteiger partial charge on any atom is -0.447 e. The van der Waals surface area contributed by atoms with Gasteiger partial charge in [-0.1, -0.05) is 55.8 Å². The molecule has 0 unspecified atom stereocenters. The van der Waals surface area contributed by atoms with Crippen LogP contribution in [0.4, 0.5) is 26.7 Å². The van der Waals surface area contributed by atoms with Crippen LogP contribution in [0.5, 0.6) is 0 Å². The highest BCUT2D eigenvalue weighted by Crippen LogP contribution is 2.54. The maximum atomic E-state index is 15.2. The van der Waals surface area contributed by atoms with Crippen LogP contribution in [-0.2, 0) is 15.1 Å². The number of rotatable bonds is 16. The first-order valence-corrected chi connectivity index (χ1v) is 19.1. The largest absolute Gasteiger partial charge is 0.447 e. The number of aromatic nitrogens is 6. The fourth-order valence-electron chi connectivity index (χ4n) is 7.46. The summed E-state index contributed by atoms with van der Waals surface area (Å²) in [5.74, 6) is -0.583. The summed E-state index contributed by atoms with van der Waals surface area (Å²) in [4.78, 5) is 40.0. The number of halogens is 6. The Bertz CT molecular complexity index is 2130. The second kappa shape index (κ2) is 15.7. The fraction of sp³-hybridized carbons (Fsp3) is 0.500. The molecule has 304 valence electrons. The molecule has 2 aromatic carbocycles. The van der Waals surface area contributed by atoms with Gasteiger partial charge in [0, 0.05) is 24.1 Å². The molecule has 0 spiro atoms. The van der Waals surface area contributed by atoms with E-state index in [0.717, 1.165) is 37.6 Å². The normalized spacial score (nSPS) is 19.3. The van der Waals surface area contributed by atoms with Crippen LogP contribution < -0.4 is 11.1 Å². The Balaban J connectivity index is 1.22. The van der Waals surface area contributed by atoms with Gasteiger partial charge in [0.2, 0.25) is 0 Å². The number of amides is 2. The van der Waals surface area contributed by atoms with Crippen molar-refractivity contribution in [1.29, 1.82) is 0 Å². The van der Waals surface area contributed by atoms with E-state index in [2.05, 4.69) is 39.4 Å². The summed E-state index contributed by atoms with van der Waals surface area (Å²) in [5, 5.41) is 15.1. The highest BCUT2D eigenvalue weighted by Gasteiger charge is 2.56. The topological polar surface area (TPSA) is 158 Å². The van der Waals surface area contributed by atoms with Gasteiger partial charge in [0.15, 0.2) is 17.3 Å². The van der Waals surface area contributed by atoms with Gasteiger partial charge in [-0.3, -0.25) is 9.69 Å². The van der Waals surface area contributed by atoms with E-state index < -0.39 is 49.3 Å². The number of guanidine groups is 1. The molecule has 0 bridgehead atoms. The quantitative estimate of drug-likeness (QED) is 0.0852. The fourth-order valence-corrected chi connectivity index (χ4v) is 7.66. The number of carbonyl (C=O) groups excluding carboxylic acids is 2. The van der Waals surface area contributed by atoms with Crippen molar-refractivity contribution in [2.75, 3.05) is 13.2 Å². The van der Waals surface area contributed by atoms with Crippen LogP contribution in [0.1, 0.15) is 95.0 Å². The lowest BCUT2D eigenvalue weighted by Crippen LogP contribution is -2.48. The summed E-state index contributed by atoms with van der Waals surface area (Å²) in [7, 11) is 0. The lowest BCUT2D eigenvalue weighted by Gasteiger charge is -2.36. The molecular formula is C38H42ClF5N10O3. The van der Waals surface area contributed by atoms with E-state index >= 15 is 4.79 Å². The number of alkyl carbamates (subject to hydrolysis) is 1. The summed E-state index contributed by atoms with van der Waals surface area (Å²) < 4.78 is 71.6. The van der Waals surface area contributed by atoms with E-state index in [4.69, 9.17) is 27.1 Å². The molecule has 0 saturated heterocycles. The van der Waals surface area contributed by atoms with Gasteiger partial charge in [-0.2, -0.15) is 46.7 Å². The first kappa shape index (κ1) is 40.1. The number of hydrogen-bond donors (Lipinski definition) is 2. The monoisotopic (exact) mass is 816 g/mol. The average Bonchev–Trinajstić information content (AvgIpc) is 4.08. The highest BCUT2D eigenvalue weighted by molar-refractivity contribution is 6.33. The molecule has 7 rings (SSSR count). The molecular weight excluding hydrogens is 775 g/mol. The molecule has 2 fully saturated rings. The molecule has 1 aliphatic heterocycles. The van der Waals surface area contributed by atoms with Crippen molar-refractivity contribution in [2.45, 2.75) is 95.6 Å². The number of unbranched alkanes of at least 4 members (excludes halogenated alkanes) is 1. The number of carbonyl (C=O) groups is 2. The maximum absolute atomic E-state index is 15.2. The van der Waals surface area contributed by atoms with Crippen molar-refractivity contribution < 1.29 is 36.3 Å². The Morgan fingerprint density at radius 3 is 2.47 bits per heavy atom. The van der Waals surface area contributed by atoms with Gasteiger partial charge >= 0.3 is 18.8 Å². The molecule has 19 heteroatoms. The van der Waals surface area contributed by atoms with Gasteiger partial charge in [0.05, 0.1) is 23.3 Å². The maximum Gasteiger partial charge on any atom is 0.407 e. The second-order valence-electron chi connectivity index (χ2n) is 15.5. The zero-order chi connectivity index (χ0) is 40.7. The molecule has 3 N–H and O–H groups in total. The zero-order valence-electron chi connectivity index (χ0n) is 31.2. The minimum atomic E-state index is -4.32. The third kappa shape index (κ3) is 8.74. The van der Waals surface area contributed by atoms with Gasteiger partial charge < -0.3 is 15.8 Å².